The molecule has 0 radical (unpaired) electrons. The van der Waals surface area contributed by atoms with Crippen molar-refractivity contribution >= 4 is 11.7 Å². The Labute approximate surface area is 112 Å². The predicted octanol–water partition coefficient (Wildman–Crippen LogP) is 0.461. The van der Waals surface area contributed by atoms with E-state index in [1.807, 2.05) is 25.9 Å². The van der Waals surface area contributed by atoms with Crippen molar-refractivity contribution < 1.29 is 10.0 Å². The third-order valence-electron chi connectivity index (χ3n) is 2.97. The summed E-state index contributed by atoms with van der Waals surface area (Å²) in [7, 11) is 3.91. The average Bonchev–Trinajstić information content (AvgIpc) is 2.43. The average molecular weight is 264 g/mol. The number of amidine groups is 1. The van der Waals surface area contributed by atoms with Crippen molar-refractivity contribution in [3.8, 4) is 0 Å². The molecule has 0 aliphatic rings. The van der Waals surface area contributed by atoms with E-state index in [0.29, 0.717) is 17.7 Å². The van der Waals surface area contributed by atoms with Crippen LogP contribution in [0.2, 0.25) is 0 Å². The lowest BCUT2D eigenvalue weighted by Crippen LogP contribution is -2.38. The maximum Gasteiger partial charge on any atom is 0.251 e. The van der Waals surface area contributed by atoms with E-state index in [1.54, 1.807) is 24.3 Å². The highest BCUT2D eigenvalue weighted by molar-refractivity contribution is 6.01. The molecule has 1 rings (SSSR count). The van der Waals surface area contributed by atoms with Crippen molar-refractivity contribution in [3.63, 3.8) is 0 Å². The number of amides is 1. The third-order valence-corrected chi connectivity index (χ3v) is 2.97. The number of nitrogens with one attached hydrogen (secondary N) is 1. The zero-order valence-electron chi connectivity index (χ0n) is 11.4. The van der Waals surface area contributed by atoms with E-state index in [1.165, 1.54) is 0 Å². The zero-order chi connectivity index (χ0) is 14.4. The van der Waals surface area contributed by atoms with E-state index in [-0.39, 0.29) is 17.8 Å². The summed E-state index contributed by atoms with van der Waals surface area (Å²) < 4.78 is 0. The van der Waals surface area contributed by atoms with Crippen molar-refractivity contribution in [1.82, 2.24) is 10.2 Å². The molecule has 6 heteroatoms. The van der Waals surface area contributed by atoms with Crippen LogP contribution in [0.3, 0.4) is 0 Å². The van der Waals surface area contributed by atoms with E-state index in [4.69, 9.17) is 10.9 Å². The maximum atomic E-state index is 12.0. The second-order valence-electron chi connectivity index (χ2n) is 4.59. The number of hydrogen-bond donors (Lipinski definition) is 3. The molecule has 0 saturated carbocycles. The van der Waals surface area contributed by atoms with E-state index >= 15 is 0 Å². The fourth-order valence-electron chi connectivity index (χ4n) is 1.40. The number of nitrogens with zero attached hydrogens (tertiary/aromatic N) is 2. The van der Waals surface area contributed by atoms with Crippen LogP contribution in [-0.4, -0.2) is 48.5 Å². The molecule has 0 heterocycles. The first-order valence-corrected chi connectivity index (χ1v) is 5.98. The summed E-state index contributed by atoms with van der Waals surface area (Å²) in [5, 5.41) is 14.4. The number of nitrogens with two attached hydrogens (primary N) is 1. The minimum absolute atomic E-state index is 0.0173. The molecule has 0 aromatic heterocycles. The maximum absolute atomic E-state index is 12.0. The molecule has 0 aliphatic carbocycles. The molecule has 1 aromatic carbocycles. The molecular weight excluding hydrogens is 244 g/mol. The van der Waals surface area contributed by atoms with Gasteiger partial charge in [-0.1, -0.05) is 17.3 Å². The van der Waals surface area contributed by atoms with Gasteiger partial charge < -0.3 is 21.2 Å². The first kappa shape index (κ1) is 15.0. The van der Waals surface area contributed by atoms with Crippen LogP contribution in [-0.2, 0) is 0 Å². The molecule has 0 bridgehead atoms. The van der Waals surface area contributed by atoms with Crippen LogP contribution in [0, 0.1) is 0 Å². The van der Waals surface area contributed by atoms with Gasteiger partial charge in [0.05, 0.1) is 0 Å². The number of oxime groups is 1. The Kier molecular flexibility index (Phi) is 5.32. The molecule has 4 N–H and O–H groups in total. The SMILES string of the molecule is CC(CNC(=O)c1cccc(C(N)=NO)c1)N(C)C. The molecule has 104 valence electrons. The van der Waals surface area contributed by atoms with Crippen LogP contribution in [0.4, 0.5) is 0 Å². The zero-order valence-corrected chi connectivity index (χ0v) is 11.4. The highest BCUT2D eigenvalue weighted by atomic mass is 16.4. The van der Waals surface area contributed by atoms with Crippen molar-refractivity contribution in [3.05, 3.63) is 35.4 Å². The molecule has 1 atom stereocenters. The fraction of sp³-hybridized carbons (Fsp3) is 0.385. The van der Waals surface area contributed by atoms with Crippen LogP contribution in [0.25, 0.3) is 0 Å². The van der Waals surface area contributed by atoms with Crippen molar-refractivity contribution in [2.45, 2.75) is 13.0 Å². The largest absolute Gasteiger partial charge is 0.409 e. The van der Waals surface area contributed by atoms with Gasteiger partial charge in [0.1, 0.15) is 0 Å². The van der Waals surface area contributed by atoms with Crippen LogP contribution < -0.4 is 11.1 Å². The molecule has 1 unspecified atom stereocenters. The number of benzene rings is 1. The summed E-state index contributed by atoms with van der Waals surface area (Å²) >= 11 is 0. The molecule has 19 heavy (non-hydrogen) atoms. The van der Waals surface area contributed by atoms with Gasteiger partial charge in [-0.25, -0.2) is 0 Å². The summed E-state index contributed by atoms with van der Waals surface area (Å²) in [5.41, 5.74) is 6.48. The van der Waals surface area contributed by atoms with Crippen molar-refractivity contribution in [2.24, 2.45) is 10.9 Å². The second kappa shape index (κ2) is 6.75. The number of likely N-dealkylation sites (N-methyl/N-ethyl adjacent to an activating group) is 1. The van der Waals surface area contributed by atoms with Gasteiger partial charge in [-0.2, -0.15) is 0 Å². The van der Waals surface area contributed by atoms with Gasteiger partial charge in [-0.05, 0) is 33.2 Å². The van der Waals surface area contributed by atoms with Crippen molar-refractivity contribution in [2.75, 3.05) is 20.6 Å². The molecule has 6 nitrogen and oxygen atoms in total. The first-order valence-electron chi connectivity index (χ1n) is 5.98. The van der Waals surface area contributed by atoms with Crippen LogP contribution in [0.15, 0.2) is 29.4 Å². The van der Waals surface area contributed by atoms with Crippen LogP contribution >= 0.6 is 0 Å². The molecule has 1 aromatic rings. The Morgan fingerprint density at radius 1 is 1.47 bits per heavy atom. The van der Waals surface area contributed by atoms with E-state index < -0.39 is 0 Å². The lowest BCUT2D eigenvalue weighted by molar-refractivity contribution is 0.0943. The van der Waals surface area contributed by atoms with E-state index in [9.17, 15) is 4.79 Å². The first-order chi connectivity index (χ1) is 8.95. The lowest BCUT2D eigenvalue weighted by atomic mass is 10.1. The van der Waals surface area contributed by atoms with Crippen molar-refractivity contribution in [1.29, 1.82) is 0 Å². The molecule has 0 aliphatic heterocycles. The van der Waals surface area contributed by atoms with Gasteiger partial charge in [0.2, 0.25) is 0 Å². The van der Waals surface area contributed by atoms with Crippen LogP contribution in [0.5, 0.6) is 0 Å². The van der Waals surface area contributed by atoms with E-state index in [0.717, 1.165) is 0 Å². The van der Waals surface area contributed by atoms with Gasteiger partial charge in [0.25, 0.3) is 5.91 Å². The Balaban J connectivity index is 2.72. The summed E-state index contributed by atoms with van der Waals surface area (Å²) in [4.78, 5) is 14.0. The quantitative estimate of drug-likeness (QED) is 0.312. The number of carbonyl (C=O) groups is 1. The highest BCUT2D eigenvalue weighted by Crippen LogP contribution is 2.05. The summed E-state index contributed by atoms with van der Waals surface area (Å²) in [6, 6.07) is 6.89. The number of carbonyl (C=O) groups excluding carboxylic acids is 1. The Morgan fingerprint density at radius 3 is 2.68 bits per heavy atom. The van der Waals surface area contributed by atoms with Gasteiger partial charge in [0, 0.05) is 23.7 Å². The molecule has 1 amide bonds. The second-order valence-corrected chi connectivity index (χ2v) is 4.59. The molecular formula is C13H20N4O2. The summed E-state index contributed by atoms with van der Waals surface area (Å²) in [6.07, 6.45) is 0. The minimum atomic E-state index is -0.179. The normalized spacial score (nSPS) is 13.4. The molecule has 0 spiro atoms. The molecule has 0 fully saturated rings. The Bertz CT molecular complexity index is 471. The third kappa shape index (κ3) is 4.26. The van der Waals surface area contributed by atoms with Gasteiger partial charge in [-0.15, -0.1) is 0 Å². The molecule has 0 saturated heterocycles. The van der Waals surface area contributed by atoms with Gasteiger partial charge in [-0.3, -0.25) is 4.79 Å². The predicted molar refractivity (Wildman–Crippen MR) is 74.4 cm³/mol. The Hall–Kier alpha value is -2.08. The number of hydrogen-bond acceptors (Lipinski definition) is 4. The fourth-order valence-corrected chi connectivity index (χ4v) is 1.40. The summed E-state index contributed by atoms with van der Waals surface area (Å²) in [5.74, 6) is -0.197. The summed E-state index contributed by atoms with van der Waals surface area (Å²) in [6.45, 7) is 2.58. The lowest BCUT2D eigenvalue weighted by Gasteiger charge is -2.20. The van der Waals surface area contributed by atoms with Crippen LogP contribution in [0.1, 0.15) is 22.8 Å². The van der Waals surface area contributed by atoms with Gasteiger partial charge in [0.15, 0.2) is 5.84 Å². The Morgan fingerprint density at radius 2 is 2.11 bits per heavy atom. The monoisotopic (exact) mass is 264 g/mol. The topological polar surface area (TPSA) is 91.0 Å². The highest BCUT2D eigenvalue weighted by Gasteiger charge is 2.10. The minimum Gasteiger partial charge on any atom is -0.409 e. The number of rotatable bonds is 5. The smallest absolute Gasteiger partial charge is 0.251 e. The van der Waals surface area contributed by atoms with Gasteiger partial charge >= 0.3 is 0 Å². The van der Waals surface area contributed by atoms with E-state index in [2.05, 4.69) is 10.5 Å². The standard InChI is InChI=1S/C13H20N4O2/c1-9(17(2)3)8-15-13(18)11-6-4-5-10(7-11)12(14)16-19/h4-7,9,19H,8H2,1-3H3,(H2,14,16)(H,15,18).